The number of carbonyl (C=O) groups excluding carboxylic acids is 1. The predicted octanol–water partition coefficient (Wildman–Crippen LogP) is 1.39. The lowest BCUT2D eigenvalue weighted by atomic mass is 10.0. The molecule has 1 aliphatic heterocycles. The molecule has 3 nitrogen and oxygen atoms in total. The molecule has 1 unspecified atom stereocenters. The molecule has 0 radical (unpaired) electrons. The first-order valence-corrected chi connectivity index (χ1v) is 5.54. The van der Waals surface area contributed by atoms with Gasteiger partial charge in [0.2, 0.25) is 5.91 Å². The molecule has 1 N–H and O–H groups in total. The van der Waals surface area contributed by atoms with Crippen LogP contribution in [0.1, 0.15) is 40.5 Å². The highest BCUT2D eigenvalue weighted by atomic mass is 16.2. The standard InChI is InChI=1S/C11H22N2O/c1-5-7-13-8-6-9(2)12-11(3,4)10(13)14/h9,12H,5-8H2,1-4H3. The number of hydrogen-bond donors (Lipinski definition) is 1. The second-order valence-corrected chi connectivity index (χ2v) is 4.75. The van der Waals surface area contributed by atoms with Crippen LogP contribution in [0, 0.1) is 0 Å². The quantitative estimate of drug-likeness (QED) is 0.727. The van der Waals surface area contributed by atoms with Crippen molar-refractivity contribution in [3.05, 3.63) is 0 Å². The summed E-state index contributed by atoms with van der Waals surface area (Å²) in [6.45, 7) is 9.98. The fourth-order valence-electron chi connectivity index (χ4n) is 2.08. The van der Waals surface area contributed by atoms with Crippen molar-refractivity contribution in [3.8, 4) is 0 Å². The number of rotatable bonds is 2. The molecule has 0 aromatic rings. The first-order chi connectivity index (χ1) is 6.47. The molecule has 3 heteroatoms. The molecule has 82 valence electrons. The maximum Gasteiger partial charge on any atom is 0.242 e. The van der Waals surface area contributed by atoms with E-state index in [0.29, 0.717) is 6.04 Å². The second-order valence-electron chi connectivity index (χ2n) is 4.75. The largest absolute Gasteiger partial charge is 0.341 e. The van der Waals surface area contributed by atoms with Gasteiger partial charge in [0.25, 0.3) is 0 Å². The summed E-state index contributed by atoms with van der Waals surface area (Å²) in [6, 6.07) is 0.427. The van der Waals surface area contributed by atoms with E-state index in [0.717, 1.165) is 25.9 Å². The van der Waals surface area contributed by atoms with Crippen molar-refractivity contribution in [2.75, 3.05) is 13.1 Å². The van der Waals surface area contributed by atoms with Crippen molar-refractivity contribution in [1.82, 2.24) is 10.2 Å². The van der Waals surface area contributed by atoms with Crippen LogP contribution in [0.15, 0.2) is 0 Å². The number of nitrogens with zero attached hydrogens (tertiary/aromatic N) is 1. The average Bonchev–Trinajstić information content (AvgIpc) is 2.17. The summed E-state index contributed by atoms with van der Waals surface area (Å²) in [4.78, 5) is 14.0. The van der Waals surface area contributed by atoms with Gasteiger partial charge in [-0.05, 0) is 33.6 Å². The van der Waals surface area contributed by atoms with Gasteiger partial charge in [-0.1, -0.05) is 6.92 Å². The van der Waals surface area contributed by atoms with E-state index in [2.05, 4.69) is 19.2 Å². The molecule has 1 rings (SSSR count). The third-order valence-corrected chi connectivity index (χ3v) is 2.75. The van der Waals surface area contributed by atoms with E-state index in [1.54, 1.807) is 0 Å². The third-order valence-electron chi connectivity index (χ3n) is 2.75. The summed E-state index contributed by atoms with van der Waals surface area (Å²) in [5.74, 6) is 0.240. The monoisotopic (exact) mass is 198 g/mol. The summed E-state index contributed by atoms with van der Waals surface area (Å²) >= 11 is 0. The summed E-state index contributed by atoms with van der Waals surface area (Å²) in [5, 5.41) is 3.37. The van der Waals surface area contributed by atoms with Gasteiger partial charge in [-0.2, -0.15) is 0 Å². The summed E-state index contributed by atoms with van der Waals surface area (Å²) in [5.41, 5.74) is -0.398. The number of hydrogen-bond acceptors (Lipinski definition) is 2. The van der Waals surface area contributed by atoms with Crippen molar-refractivity contribution < 1.29 is 4.79 Å². The van der Waals surface area contributed by atoms with Gasteiger partial charge in [0, 0.05) is 19.1 Å². The normalized spacial score (nSPS) is 27.6. The molecule has 1 heterocycles. The van der Waals surface area contributed by atoms with Crippen LogP contribution in [-0.4, -0.2) is 35.5 Å². The van der Waals surface area contributed by atoms with E-state index < -0.39 is 5.54 Å². The first kappa shape index (κ1) is 11.5. The van der Waals surface area contributed by atoms with E-state index in [1.807, 2.05) is 18.7 Å². The lowest BCUT2D eigenvalue weighted by Gasteiger charge is -2.29. The summed E-state index contributed by atoms with van der Waals surface area (Å²) < 4.78 is 0. The highest BCUT2D eigenvalue weighted by Crippen LogP contribution is 2.15. The Kier molecular flexibility index (Phi) is 3.53. The van der Waals surface area contributed by atoms with Crippen molar-refractivity contribution in [2.24, 2.45) is 0 Å². The van der Waals surface area contributed by atoms with E-state index in [1.165, 1.54) is 0 Å². The van der Waals surface area contributed by atoms with Crippen LogP contribution in [0.4, 0.5) is 0 Å². The van der Waals surface area contributed by atoms with Gasteiger partial charge in [-0.15, -0.1) is 0 Å². The fraction of sp³-hybridized carbons (Fsp3) is 0.909. The van der Waals surface area contributed by atoms with Crippen molar-refractivity contribution >= 4 is 5.91 Å². The Bertz CT molecular complexity index is 213. The van der Waals surface area contributed by atoms with E-state index >= 15 is 0 Å². The van der Waals surface area contributed by atoms with Crippen LogP contribution in [0.3, 0.4) is 0 Å². The Morgan fingerprint density at radius 2 is 2.21 bits per heavy atom. The maximum atomic E-state index is 12.1. The predicted molar refractivity (Wildman–Crippen MR) is 58.2 cm³/mol. The molecule has 1 fully saturated rings. The van der Waals surface area contributed by atoms with Gasteiger partial charge < -0.3 is 10.2 Å². The average molecular weight is 198 g/mol. The highest BCUT2D eigenvalue weighted by molar-refractivity contribution is 5.85. The molecular weight excluding hydrogens is 176 g/mol. The molecule has 0 bridgehead atoms. The van der Waals surface area contributed by atoms with Crippen LogP contribution in [0.25, 0.3) is 0 Å². The molecule has 1 amide bonds. The molecule has 0 aliphatic carbocycles. The van der Waals surface area contributed by atoms with E-state index in [4.69, 9.17) is 0 Å². The maximum absolute atomic E-state index is 12.1. The molecule has 1 aliphatic rings. The fourth-order valence-corrected chi connectivity index (χ4v) is 2.08. The molecule has 1 atom stereocenters. The Balaban J connectivity index is 2.75. The summed E-state index contributed by atoms with van der Waals surface area (Å²) in [6.07, 6.45) is 2.09. The molecular formula is C11H22N2O. The Hall–Kier alpha value is -0.570. The molecule has 1 saturated heterocycles. The van der Waals surface area contributed by atoms with Gasteiger partial charge in [-0.25, -0.2) is 0 Å². The van der Waals surface area contributed by atoms with Gasteiger partial charge in [0.1, 0.15) is 0 Å². The molecule has 0 aromatic carbocycles. The van der Waals surface area contributed by atoms with Crippen LogP contribution in [0.2, 0.25) is 0 Å². The lowest BCUT2D eigenvalue weighted by molar-refractivity contribution is -0.136. The Morgan fingerprint density at radius 1 is 1.57 bits per heavy atom. The van der Waals surface area contributed by atoms with Crippen molar-refractivity contribution in [3.63, 3.8) is 0 Å². The zero-order chi connectivity index (χ0) is 10.8. The third kappa shape index (κ3) is 2.47. The van der Waals surface area contributed by atoms with Crippen molar-refractivity contribution in [1.29, 1.82) is 0 Å². The number of amides is 1. The first-order valence-electron chi connectivity index (χ1n) is 5.54. The zero-order valence-electron chi connectivity index (χ0n) is 9.76. The molecule has 0 spiro atoms. The number of carbonyl (C=O) groups is 1. The summed E-state index contributed by atoms with van der Waals surface area (Å²) in [7, 11) is 0. The smallest absolute Gasteiger partial charge is 0.242 e. The second kappa shape index (κ2) is 4.30. The molecule has 14 heavy (non-hydrogen) atoms. The SMILES string of the molecule is CCCN1CCC(C)NC(C)(C)C1=O. The highest BCUT2D eigenvalue weighted by Gasteiger charge is 2.35. The Labute approximate surface area is 86.9 Å². The van der Waals surface area contributed by atoms with Crippen LogP contribution >= 0.6 is 0 Å². The van der Waals surface area contributed by atoms with Crippen LogP contribution in [0.5, 0.6) is 0 Å². The van der Waals surface area contributed by atoms with Crippen LogP contribution < -0.4 is 5.32 Å². The molecule has 0 aromatic heterocycles. The van der Waals surface area contributed by atoms with Gasteiger partial charge in [-0.3, -0.25) is 4.79 Å². The van der Waals surface area contributed by atoms with Gasteiger partial charge >= 0.3 is 0 Å². The Morgan fingerprint density at radius 3 is 2.79 bits per heavy atom. The van der Waals surface area contributed by atoms with E-state index in [-0.39, 0.29) is 5.91 Å². The minimum absolute atomic E-state index is 0.240. The van der Waals surface area contributed by atoms with Gasteiger partial charge in [0.05, 0.1) is 5.54 Å². The topological polar surface area (TPSA) is 32.3 Å². The number of nitrogens with one attached hydrogen (secondary N) is 1. The zero-order valence-corrected chi connectivity index (χ0v) is 9.76. The minimum atomic E-state index is -0.398. The lowest BCUT2D eigenvalue weighted by Crippen LogP contribution is -2.53. The van der Waals surface area contributed by atoms with Crippen LogP contribution in [-0.2, 0) is 4.79 Å². The van der Waals surface area contributed by atoms with Crippen molar-refractivity contribution in [2.45, 2.75) is 52.1 Å². The minimum Gasteiger partial charge on any atom is -0.341 e. The van der Waals surface area contributed by atoms with Gasteiger partial charge in [0.15, 0.2) is 0 Å². The molecule has 0 saturated carbocycles. The van der Waals surface area contributed by atoms with E-state index in [9.17, 15) is 4.79 Å².